The molecular formula is C40H58O3. The zero-order valence-electron chi connectivity index (χ0n) is 27.6. The highest BCUT2D eigenvalue weighted by Gasteiger charge is 2.26. The van der Waals surface area contributed by atoms with Crippen molar-refractivity contribution in [3.05, 3.63) is 101 Å². The summed E-state index contributed by atoms with van der Waals surface area (Å²) in [7, 11) is 0. The summed E-state index contributed by atoms with van der Waals surface area (Å²) >= 11 is 0. The molecule has 1 N–H and O–H groups in total. The van der Waals surface area contributed by atoms with Gasteiger partial charge >= 0.3 is 0 Å². The minimum absolute atomic E-state index is 0.290. The molecule has 0 fully saturated rings. The quantitative estimate of drug-likeness (QED) is 0.119. The average Bonchev–Trinajstić information content (AvgIpc) is 2.98. The maximum Gasteiger partial charge on any atom is 0.119 e. The van der Waals surface area contributed by atoms with Gasteiger partial charge in [0.05, 0.1) is 11.2 Å². The number of aryl methyl sites for hydroxylation is 2. The van der Waals surface area contributed by atoms with Crippen molar-refractivity contribution in [2.75, 3.05) is 13.2 Å². The molecule has 3 heteroatoms. The number of ether oxygens (including phenoxy) is 2. The normalized spacial score (nSPS) is 12.1. The molecular weight excluding hydrogens is 528 g/mol. The molecule has 0 radical (unpaired) electrons. The third-order valence-electron chi connectivity index (χ3n) is 8.36. The predicted octanol–water partition coefficient (Wildman–Crippen LogP) is 10.5. The zero-order valence-corrected chi connectivity index (χ0v) is 27.6. The van der Waals surface area contributed by atoms with Gasteiger partial charge in [-0.05, 0) is 94.5 Å². The maximum atomic E-state index is 10.8. The second-order valence-electron chi connectivity index (χ2n) is 13.5. The van der Waals surface area contributed by atoms with Crippen LogP contribution in [0.15, 0.2) is 78.9 Å². The Kier molecular flexibility index (Phi) is 15.3. The van der Waals surface area contributed by atoms with Crippen LogP contribution in [-0.4, -0.2) is 29.5 Å². The Bertz CT molecular complexity index is 1140. The Morgan fingerprint density at radius 1 is 0.488 bits per heavy atom. The highest BCUT2D eigenvalue weighted by Crippen LogP contribution is 2.31. The molecule has 0 aromatic heterocycles. The van der Waals surface area contributed by atoms with Crippen LogP contribution in [-0.2, 0) is 35.2 Å². The lowest BCUT2D eigenvalue weighted by molar-refractivity contribution is -0.0231. The SMILES string of the molecule is CC(C)(Cc1cccc(O)c1CC(C)(C)OCCCCCCCc1ccccc1)OCCCCCCCc1ccccc1. The molecule has 3 rings (SSSR count). The Balaban J connectivity index is 1.32. The predicted molar refractivity (Wildman–Crippen MR) is 182 cm³/mol. The van der Waals surface area contributed by atoms with Crippen molar-refractivity contribution in [1.82, 2.24) is 0 Å². The largest absolute Gasteiger partial charge is 0.508 e. The first kappa shape index (κ1) is 34.9. The summed E-state index contributed by atoms with van der Waals surface area (Å²) < 4.78 is 12.7. The molecule has 0 aliphatic heterocycles. The van der Waals surface area contributed by atoms with Crippen LogP contribution >= 0.6 is 0 Å². The average molecular weight is 587 g/mol. The fraction of sp³-hybridized carbons (Fsp3) is 0.550. The number of rotatable bonds is 22. The van der Waals surface area contributed by atoms with Crippen LogP contribution in [0.25, 0.3) is 0 Å². The number of hydrogen-bond donors (Lipinski definition) is 1. The minimum Gasteiger partial charge on any atom is -0.508 e. The van der Waals surface area contributed by atoms with E-state index >= 15 is 0 Å². The van der Waals surface area contributed by atoms with E-state index in [-0.39, 0.29) is 11.2 Å². The molecule has 0 aliphatic carbocycles. The molecule has 0 saturated heterocycles. The number of unbranched alkanes of at least 4 members (excludes halogenated alkanes) is 8. The lowest BCUT2D eigenvalue weighted by atomic mass is 9.88. The van der Waals surface area contributed by atoms with Crippen molar-refractivity contribution in [3.8, 4) is 5.75 Å². The van der Waals surface area contributed by atoms with Crippen molar-refractivity contribution in [3.63, 3.8) is 0 Å². The highest BCUT2D eigenvalue weighted by molar-refractivity contribution is 5.41. The van der Waals surface area contributed by atoms with Crippen molar-refractivity contribution in [2.24, 2.45) is 0 Å². The van der Waals surface area contributed by atoms with Crippen molar-refractivity contribution in [2.45, 2.75) is 129 Å². The number of phenolic OH excluding ortho intramolecular Hbond substituents is 1. The first-order chi connectivity index (χ1) is 20.7. The van der Waals surface area contributed by atoms with Gasteiger partial charge < -0.3 is 14.6 Å². The van der Waals surface area contributed by atoms with Gasteiger partial charge in [0.25, 0.3) is 0 Å². The van der Waals surface area contributed by atoms with Gasteiger partial charge in [0.1, 0.15) is 5.75 Å². The number of benzene rings is 3. The van der Waals surface area contributed by atoms with E-state index in [1.54, 1.807) is 6.07 Å². The van der Waals surface area contributed by atoms with E-state index in [2.05, 4.69) is 94.4 Å². The summed E-state index contributed by atoms with van der Waals surface area (Å²) in [5.74, 6) is 0.360. The first-order valence-corrected chi connectivity index (χ1v) is 16.9. The summed E-state index contributed by atoms with van der Waals surface area (Å²) in [6.07, 6.45) is 16.0. The Morgan fingerprint density at radius 2 is 0.930 bits per heavy atom. The van der Waals surface area contributed by atoms with E-state index in [0.29, 0.717) is 12.2 Å². The Labute approximate surface area is 263 Å². The van der Waals surface area contributed by atoms with E-state index in [1.165, 1.54) is 75.3 Å². The van der Waals surface area contributed by atoms with Crippen LogP contribution in [0.2, 0.25) is 0 Å². The number of aromatic hydroxyl groups is 1. The molecule has 0 unspecified atom stereocenters. The van der Waals surface area contributed by atoms with Crippen LogP contribution in [0.1, 0.15) is 114 Å². The molecule has 0 amide bonds. The third-order valence-corrected chi connectivity index (χ3v) is 8.36. The minimum atomic E-state index is -0.341. The van der Waals surface area contributed by atoms with E-state index < -0.39 is 0 Å². The maximum absolute atomic E-state index is 10.8. The summed E-state index contributed by atoms with van der Waals surface area (Å²) in [5, 5.41) is 10.8. The second-order valence-corrected chi connectivity index (χ2v) is 13.5. The summed E-state index contributed by atoms with van der Waals surface area (Å²) in [6, 6.07) is 27.4. The van der Waals surface area contributed by atoms with E-state index in [1.807, 2.05) is 6.07 Å². The topological polar surface area (TPSA) is 38.7 Å². The molecule has 0 aliphatic rings. The molecule has 3 nitrogen and oxygen atoms in total. The monoisotopic (exact) mass is 586 g/mol. The number of phenols is 1. The van der Waals surface area contributed by atoms with Crippen LogP contribution in [0.4, 0.5) is 0 Å². The van der Waals surface area contributed by atoms with E-state index in [4.69, 9.17) is 9.47 Å². The molecule has 0 atom stereocenters. The van der Waals surface area contributed by atoms with Crippen LogP contribution in [0.5, 0.6) is 5.75 Å². The van der Waals surface area contributed by atoms with Gasteiger partial charge in [0.15, 0.2) is 0 Å². The van der Waals surface area contributed by atoms with Crippen LogP contribution < -0.4 is 0 Å². The molecule has 0 saturated carbocycles. The Morgan fingerprint density at radius 3 is 1.44 bits per heavy atom. The van der Waals surface area contributed by atoms with Gasteiger partial charge in [-0.2, -0.15) is 0 Å². The van der Waals surface area contributed by atoms with Crippen molar-refractivity contribution < 1.29 is 14.6 Å². The highest BCUT2D eigenvalue weighted by atomic mass is 16.5. The van der Waals surface area contributed by atoms with Gasteiger partial charge in [-0.25, -0.2) is 0 Å². The fourth-order valence-electron chi connectivity index (χ4n) is 5.89. The summed E-state index contributed by atoms with van der Waals surface area (Å²) in [5.41, 5.74) is 4.39. The molecule has 236 valence electrons. The second kappa shape index (κ2) is 18.9. The van der Waals surface area contributed by atoms with Gasteiger partial charge in [-0.1, -0.05) is 111 Å². The summed E-state index contributed by atoms with van der Waals surface area (Å²) in [4.78, 5) is 0. The lowest BCUT2D eigenvalue weighted by Crippen LogP contribution is -2.31. The smallest absolute Gasteiger partial charge is 0.119 e. The molecule has 43 heavy (non-hydrogen) atoms. The third kappa shape index (κ3) is 14.6. The Hall–Kier alpha value is -2.62. The van der Waals surface area contributed by atoms with Crippen molar-refractivity contribution in [1.29, 1.82) is 0 Å². The van der Waals surface area contributed by atoms with Crippen LogP contribution in [0, 0.1) is 0 Å². The lowest BCUT2D eigenvalue weighted by Gasteiger charge is -2.30. The van der Waals surface area contributed by atoms with Gasteiger partial charge in [-0.15, -0.1) is 0 Å². The zero-order chi connectivity index (χ0) is 30.8. The molecule has 0 heterocycles. The molecule has 3 aromatic rings. The van der Waals surface area contributed by atoms with E-state index in [9.17, 15) is 5.11 Å². The van der Waals surface area contributed by atoms with Gasteiger partial charge in [0, 0.05) is 26.1 Å². The molecule has 3 aromatic carbocycles. The number of hydrogen-bond acceptors (Lipinski definition) is 3. The van der Waals surface area contributed by atoms with Gasteiger partial charge in [0.2, 0.25) is 0 Å². The summed E-state index contributed by atoms with van der Waals surface area (Å²) in [6.45, 7) is 10.2. The van der Waals surface area contributed by atoms with Crippen LogP contribution in [0.3, 0.4) is 0 Å². The fourth-order valence-corrected chi connectivity index (χ4v) is 5.89. The van der Waals surface area contributed by atoms with Crippen molar-refractivity contribution >= 4 is 0 Å². The van der Waals surface area contributed by atoms with E-state index in [0.717, 1.165) is 43.6 Å². The van der Waals surface area contributed by atoms with Gasteiger partial charge in [-0.3, -0.25) is 0 Å². The standard InChI is InChI=1S/C40H58O3/c1-39(2,42-30-19-9-5-7-13-22-34-24-15-11-16-25-34)32-36-28-21-29-38(41)37(36)33-40(3,4)43-31-20-10-6-8-14-23-35-26-17-12-18-27-35/h11-12,15-18,21,24-29,41H,5-10,13-14,19-20,22-23,30-33H2,1-4H3. The first-order valence-electron chi connectivity index (χ1n) is 16.9. The molecule has 0 bridgehead atoms. The molecule has 0 spiro atoms.